The van der Waals surface area contributed by atoms with Crippen LogP contribution in [0.15, 0.2) is 30.3 Å². The van der Waals surface area contributed by atoms with Crippen molar-refractivity contribution in [2.45, 2.75) is 18.6 Å². The van der Waals surface area contributed by atoms with E-state index in [9.17, 15) is 17.1 Å². The number of nitrogens with zero attached hydrogens (tertiary/aromatic N) is 2. The minimum absolute atomic E-state index is 0.162. The molecule has 1 aliphatic rings. The number of carbonyl (C=O) groups excluding carboxylic acids is 1. The summed E-state index contributed by atoms with van der Waals surface area (Å²) in [5.41, 5.74) is 2.00. The number of halogens is 1. The van der Waals surface area contributed by atoms with Gasteiger partial charge in [-0.2, -0.15) is 8.42 Å². The van der Waals surface area contributed by atoms with Crippen LogP contribution in [0.4, 0.5) is 9.57 Å². The number of anilines is 1. The van der Waals surface area contributed by atoms with Crippen LogP contribution in [-0.2, 0) is 15.0 Å². The summed E-state index contributed by atoms with van der Waals surface area (Å²) in [4.78, 5) is 17.8. The van der Waals surface area contributed by atoms with E-state index >= 15 is 0 Å². The van der Waals surface area contributed by atoms with Gasteiger partial charge in [0, 0.05) is 24.0 Å². The van der Waals surface area contributed by atoms with E-state index in [0.29, 0.717) is 16.9 Å². The van der Waals surface area contributed by atoms with Gasteiger partial charge in [-0.05, 0) is 19.1 Å². The van der Waals surface area contributed by atoms with Crippen LogP contribution in [0.5, 0.6) is 0 Å². The second-order valence-corrected chi connectivity index (χ2v) is 6.72. The lowest BCUT2D eigenvalue weighted by Crippen LogP contribution is -2.27. The lowest BCUT2D eigenvalue weighted by atomic mass is 10.1. The van der Waals surface area contributed by atoms with Gasteiger partial charge in [0.2, 0.25) is 5.91 Å². The average Bonchev–Trinajstić information content (AvgIpc) is 2.79. The minimum Gasteiger partial charge on any atom is -0.310 e. The summed E-state index contributed by atoms with van der Waals surface area (Å²) < 4.78 is 35.2. The fourth-order valence-corrected chi connectivity index (χ4v) is 3.27. The molecule has 1 unspecified atom stereocenters. The molecule has 21 heavy (non-hydrogen) atoms. The molecule has 7 heteroatoms. The van der Waals surface area contributed by atoms with E-state index in [1.54, 1.807) is 13.0 Å². The molecule has 1 saturated heterocycles. The topological polar surface area (TPSA) is 67.3 Å². The summed E-state index contributed by atoms with van der Waals surface area (Å²) in [6.07, 6.45) is -0.325. The number of benzene rings is 1. The number of hydrogen-bond donors (Lipinski definition) is 0. The van der Waals surface area contributed by atoms with Gasteiger partial charge in [-0.15, -0.1) is 3.89 Å². The zero-order valence-electron chi connectivity index (χ0n) is 11.3. The zero-order valence-corrected chi connectivity index (χ0v) is 12.1. The van der Waals surface area contributed by atoms with E-state index in [1.165, 1.54) is 4.90 Å². The number of pyridine rings is 1. The van der Waals surface area contributed by atoms with Gasteiger partial charge in [0.25, 0.3) is 0 Å². The van der Waals surface area contributed by atoms with Crippen molar-refractivity contribution >= 4 is 32.7 Å². The first-order chi connectivity index (χ1) is 9.86. The molecule has 1 atom stereocenters. The monoisotopic (exact) mass is 308 g/mol. The standard InChI is InChI=1S/C14H13FN2O3S/c1-9-6-13(11-4-2-3-5-12(11)16-9)17-8-10(7-14(17)18)21(15,19)20/h2-6,10H,7-8H2,1H3. The van der Waals surface area contributed by atoms with Gasteiger partial charge in [0.15, 0.2) is 0 Å². The summed E-state index contributed by atoms with van der Waals surface area (Å²) >= 11 is 0. The maximum atomic E-state index is 13.1. The van der Waals surface area contributed by atoms with E-state index in [1.807, 2.05) is 24.3 Å². The Hall–Kier alpha value is -2.02. The molecule has 1 fully saturated rings. The maximum Gasteiger partial charge on any atom is 0.307 e. The van der Waals surface area contributed by atoms with Crippen molar-refractivity contribution in [3.8, 4) is 0 Å². The van der Waals surface area contributed by atoms with Crippen molar-refractivity contribution in [2.24, 2.45) is 0 Å². The summed E-state index contributed by atoms with van der Waals surface area (Å²) in [5, 5.41) is -0.550. The molecule has 2 heterocycles. The largest absolute Gasteiger partial charge is 0.310 e. The molecule has 0 saturated carbocycles. The van der Waals surface area contributed by atoms with Crippen LogP contribution in [-0.4, -0.2) is 31.1 Å². The highest BCUT2D eigenvalue weighted by atomic mass is 32.3. The lowest BCUT2D eigenvalue weighted by Gasteiger charge is -2.19. The predicted molar refractivity (Wildman–Crippen MR) is 77.3 cm³/mol. The first-order valence-corrected chi connectivity index (χ1v) is 7.91. The summed E-state index contributed by atoms with van der Waals surface area (Å²) in [6.45, 7) is 1.63. The first-order valence-electron chi connectivity index (χ1n) is 6.46. The van der Waals surface area contributed by atoms with Gasteiger partial charge >= 0.3 is 10.2 Å². The van der Waals surface area contributed by atoms with Gasteiger partial charge < -0.3 is 4.90 Å². The Bertz CT molecular complexity index is 835. The molecule has 1 aliphatic heterocycles. The Kier molecular flexibility index (Phi) is 3.16. The molecular weight excluding hydrogens is 295 g/mol. The van der Waals surface area contributed by atoms with Crippen molar-refractivity contribution in [3.63, 3.8) is 0 Å². The van der Waals surface area contributed by atoms with Crippen molar-refractivity contribution in [1.29, 1.82) is 0 Å². The van der Waals surface area contributed by atoms with Crippen LogP contribution in [0.25, 0.3) is 10.9 Å². The Morgan fingerprint density at radius 3 is 2.71 bits per heavy atom. The van der Waals surface area contributed by atoms with Crippen molar-refractivity contribution in [3.05, 3.63) is 36.0 Å². The van der Waals surface area contributed by atoms with Crippen molar-refractivity contribution < 1.29 is 17.1 Å². The highest BCUT2D eigenvalue weighted by Crippen LogP contribution is 2.31. The molecule has 0 bridgehead atoms. The van der Waals surface area contributed by atoms with E-state index in [0.717, 1.165) is 5.39 Å². The van der Waals surface area contributed by atoms with Gasteiger partial charge in [-0.25, -0.2) is 0 Å². The number of fused-ring (bicyclic) bond motifs is 1. The van der Waals surface area contributed by atoms with Crippen LogP contribution in [0.2, 0.25) is 0 Å². The second kappa shape index (κ2) is 4.77. The fourth-order valence-electron chi connectivity index (χ4n) is 2.61. The normalized spacial score (nSPS) is 19.4. The molecule has 0 spiro atoms. The third-order valence-corrected chi connectivity index (χ3v) is 4.71. The smallest absolute Gasteiger partial charge is 0.307 e. The predicted octanol–water partition coefficient (Wildman–Crippen LogP) is 1.95. The molecule has 0 aliphatic carbocycles. The van der Waals surface area contributed by atoms with Crippen molar-refractivity contribution in [1.82, 2.24) is 4.98 Å². The van der Waals surface area contributed by atoms with Gasteiger partial charge in [0.1, 0.15) is 5.25 Å². The van der Waals surface area contributed by atoms with E-state index in [-0.39, 0.29) is 13.0 Å². The van der Waals surface area contributed by atoms with Crippen LogP contribution >= 0.6 is 0 Å². The second-order valence-electron chi connectivity index (χ2n) is 5.11. The Balaban J connectivity index is 2.11. The molecule has 3 rings (SSSR count). The molecular formula is C14H13FN2O3S. The maximum absolute atomic E-state index is 13.1. The molecule has 0 N–H and O–H groups in total. The minimum atomic E-state index is -4.72. The molecule has 5 nitrogen and oxygen atoms in total. The molecule has 1 aromatic carbocycles. The van der Waals surface area contributed by atoms with Gasteiger partial charge in [-0.1, -0.05) is 18.2 Å². The van der Waals surface area contributed by atoms with Crippen LogP contribution < -0.4 is 4.90 Å². The number of carbonyl (C=O) groups is 1. The Morgan fingerprint density at radius 2 is 2.05 bits per heavy atom. The summed E-state index contributed by atoms with van der Waals surface area (Å²) in [5.74, 6) is -0.392. The van der Waals surface area contributed by atoms with E-state index in [2.05, 4.69) is 4.98 Å². The summed E-state index contributed by atoms with van der Waals surface area (Å²) in [7, 11) is -4.72. The number of para-hydroxylation sites is 1. The highest BCUT2D eigenvalue weighted by Gasteiger charge is 2.39. The van der Waals surface area contributed by atoms with Crippen LogP contribution in [0.1, 0.15) is 12.1 Å². The van der Waals surface area contributed by atoms with E-state index in [4.69, 9.17) is 0 Å². The van der Waals surface area contributed by atoms with Gasteiger partial charge in [-0.3, -0.25) is 9.78 Å². The molecule has 0 radical (unpaired) electrons. The lowest BCUT2D eigenvalue weighted by molar-refractivity contribution is -0.117. The Morgan fingerprint density at radius 1 is 1.33 bits per heavy atom. The molecule has 1 aromatic heterocycles. The number of hydrogen-bond acceptors (Lipinski definition) is 4. The summed E-state index contributed by atoms with van der Waals surface area (Å²) in [6, 6.07) is 8.98. The fraction of sp³-hybridized carbons (Fsp3) is 0.286. The zero-order chi connectivity index (χ0) is 15.2. The third kappa shape index (κ3) is 2.49. The molecule has 1 amide bonds. The van der Waals surface area contributed by atoms with E-state index < -0.39 is 21.4 Å². The number of amides is 1. The highest BCUT2D eigenvalue weighted by molar-refractivity contribution is 7.87. The SMILES string of the molecule is Cc1cc(N2CC(S(=O)(=O)F)CC2=O)c2ccccc2n1. The number of aryl methyl sites for hydroxylation is 1. The number of rotatable bonds is 2. The van der Waals surface area contributed by atoms with Crippen LogP contribution in [0.3, 0.4) is 0 Å². The Labute approximate surface area is 121 Å². The molecule has 2 aromatic rings. The molecule has 110 valence electrons. The third-order valence-electron chi connectivity index (χ3n) is 3.60. The van der Waals surface area contributed by atoms with Crippen LogP contribution in [0, 0.1) is 6.92 Å². The van der Waals surface area contributed by atoms with Gasteiger partial charge in [0.05, 0.1) is 11.2 Å². The first kappa shape index (κ1) is 13.9. The number of aromatic nitrogens is 1. The average molecular weight is 308 g/mol. The van der Waals surface area contributed by atoms with Crippen molar-refractivity contribution in [2.75, 3.05) is 11.4 Å². The quantitative estimate of drug-likeness (QED) is 0.795.